The number of thiazole rings is 1. The van der Waals surface area contributed by atoms with E-state index in [0.717, 1.165) is 47.3 Å². The highest BCUT2D eigenvalue weighted by molar-refractivity contribution is 8.18. The standard InChI is InChI=1S/C18H18N2O2S2/c1-2-3-7-10-20-17(21)15(24-18(20)22)11-14-12-23-16(19-14)13-8-5-4-6-9-13/h4-6,8-9,11-12H,2-3,7,10H2,1H3/b15-11-. The minimum Gasteiger partial charge on any atom is -0.268 e. The highest BCUT2D eigenvalue weighted by Gasteiger charge is 2.34. The average molecular weight is 358 g/mol. The zero-order chi connectivity index (χ0) is 16.9. The summed E-state index contributed by atoms with van der Waals surface area (Å²) < 4.78 is 0. The lowest BCUT2D eigenvalue weighted by atomic mass is 10.2. The van der Waals surface area contributed by atoms with Gasteiger partial charge in [-0.05, 0) is 24.3 Å². The van der Waals surface area contributed by atoms with E-state index >= 15 is 0 Å². The Labute approximate surface area is 149 Å². The molecule has 1 fully saturated rings. The Morgan fingerprint density at radius 2 is 1.96 bits per heavy atom. The Hall–Kier alpha value is -1.92. The second-order valence-electron chi connectivity index (χ2n) is 5.48. The van der Waals surface area contributed by atoms with Gasteiger partial charge >= 0.3 is 0 Å². The van der Waals surface area contributed by atoms with Gasteiger partial charge in [-0.15, -0.1) is 11.3 Å². The minimum atomic E-state index is -0.199. The van der Waals surface area contributed by atoms with Gasteiger partial charge in [0.1, 0.15) is 5.01 Å². The van der Waals surface area contributed by atoms with E-state index in [9.17, 15) is 9.59 Å². The van der Waals surface area contributed by atoms with Crippen LogP contribution in [-0.4, -0.2) is 27.6 Å². The van der Waals surface area contributed by atoms with Gasteiger partial charge in [-0.3, -0.25) is 14.5 Å². The molecular formula is C18H18N2O2S2. The molecule has 0 atom stereocenters. The van der Waals surface area contributed by atoms with Crippen LogP contribution in [0.1, 0.15) is 31.9 Å². The molecule has 124 valence electrons. The van der Waals surface area contributed by atoms with E-state index in [2.05, 4.69) is 11.9 Å². The van der Waals surface area contributed by atoms with Gasteiger partial charge in [-0.1, -0.05) is 50.1 Å². The van der Waals surface area contributed by atoms with Crippen LogP contribution in [0, 0.1) is 0 Å². The van der Waals surface area contributed by atoms with E-state index in [1.54, 1.807) is 6.08 Å². The summed E-state index contributed by atoms with van der Waals surface area (Å²) in [7, 11) is 0. The third-order valence-corrected chi connectivity index (χ3v) is 5.50. The molecule has 0 spiro atoms. The van der Waals surface area contributed by atoms with Crippen molar-refractivity contribution in [2.24, 2.45) is 0 Å². The van der Waals surface area contributed by atoms with E-state index < -0.39 is 0 Å². The number of hydrogen-bond acceptors (Lipinski definition) is 5. The van der Waals surface area contributed by atoms with Gasteiger partial charge in [0, 0.05) is 17.5 Å². The van der Waals surface area contributed by atoms with Crippen molar-refractivity contribution >= 4 is 40.3 Å². The Balaban J connectivity index is 1.74. The summed E-state index contributed by atoms with van der Waals surface area (Å²) in [5.41, 5.74) is 1.77. The first-order chi connectivity index (χ1) is 11.7. The van der Waals surface area contributed by atoms with Crippen LogP contribution in [0.25, 0.3) is 16.6 Å². The average Bonchev–Trinajstić information content (AvgIpc) is 3.16. The molecule has 1 aromatic heterocycles. The molecule has 1 aliphatic heterocycles. The number of nitrogens with zero attached hydrogens (tertiary/aromatic N) is 2. The van der Waals surface area contributed by atoms with E-state index in [-0.39, 0.29) is 11.1 Å². The molecule has 2 aromatic rings. The van der Waals surface area contributed by atoms with Gasteiger partial charge in [0.05, 0.1) is 10.6 Å². The van der Waals surface area contributed by atoms with Gasteiger partial charge in [0.25, 0.3) is 11.1 Å². The van der Waals surface area contributed by atoms with Crippen LogP contribution in [0.15, 0.2) is 40.6 Å². The topological polar surface area (TPSA) is 50.3 Å². The van der Waals surface area contributed by atoms with Crippen LogP contribution in [0.5, 0.6) is 0 Å². The zero-order valence-electron chi connectivity index (χ0n) is 13.4. The molecule has 2 heterocycles. The number of thioether (sulfide) groups is 1. The van der Waals surface area contributed by atoms with Crippen molar-refractivity contribution < 1.29 is 9.59 Å². The lowest BCUT2D eigenvalue weighted by Crippen LogP contribution is -2.29. The Morgan fingerprint density at radius 3 is 2.71 bits per heavy atom. The third-order valence-electron chi connectivity index (χ3n) is 3.68. The quantitative estimate of drug-likeness (QED) is 0.536. The maximum Gasteiger partial charge on any atom is 0.293 e. The number of rotatable bonds is 6. The maximum absolute atomic E-state index is 12.4. The predicted molar refractivity (Wildman–Crippen MR) is 99.8 cm³/mol. The fourth-order valence-electron chi connectivity index (χ4n) is 2.41. The highest BCUT2D eigenvalue weighted by atomic mass is 32.2. The van der Waals surface area contributed by atoms with Crippen LogP contribution >= 0.6 is 23.1 Å². The monoisotopic (exact) mass is 358 g/mol. The normalized spacial score (nSPS) is 16.4. The molecule has 0 N–H and O–H groups in total. The van der Waals surface area contributed by atoms with Crippen molar-refractivity contribution in [1.29, 1.82) is 0 Å². The molecule has 6 heteroatoms. The summed E-state index contributed by atoms with van der Waals surface area (Å²) in [6.07, 6.45) is 4.66. The van der Waals surface area contributed by atoms with Gasteiger partial charge in [-0.2, -0.15) is 0 Å². The fraction of sp³-hybridized carbons (Fsp3) is 0.278. The molecule has 0 bridgehead atoms. The van der Waals surface area contributed by atoms with Gasteiger partial charge in [0.2, 0.25) is 0 Å². The number of amides is 2. The van der Waals surface area contributed by atoms with Crippen molar-refractivity contribution in [3.8, 4) is 10.6 Å². The predicted octanol–water partition coefficient (Wildman–Crippen LogP) is 5.04. The first kappa shape index (κ1) is 16.9. The number of benzene rings is 1. The van der Waals surface area contributed by atoms with Crippen LogP contribution < -0.4 is 0 Å². The number of aromatic nitrogens is 1. The molecule has 1 aromatic carbocycles. The second-order valence-corrected chi connectivity index (χ2v) is 7.34. The Kier molecular flexibility index (Phi) is 5.48. The SMILES string of the molecule is CCCCCN1C(=O)S/C(=C\c2csc(-c3ccccc3)n2)C1=O. The van der Waals surface area contributed by atoms with Gasteiger partial charge < -0.3 is 0 Å². The number of unbranched alkanes of at least 4 members (excludes halogenated alkanes) is 2. The number of hydrogen-bond donors (Lipinski definition) is 0. The number of imide groups is 1. The van der Waals surface area contributed by atoms with Crippen LogP contribution in [0.4, 0.5) is 4.79 Å². The summed E-state index contributed by atoms with van der Waals surface area (Å²) in [5.74, 6) is -0.199. The van der Waals surface area contributed by atoms with Crippen molar-refractivity contribution in [2.45, 2.75) is 26.2 Å². The molecule has 2 amide bonds. The lowest BCUT2D eigenvalue weighted by molar-refractivity contribution is -0.122. The van der Waals surface area contributed by atoms with Gasteiger partial charge in [-0.25, -0.2) is 4.98 Å². The summed E-state index contributed by atoms with van der Waals surface area (Å²) in [4.78, 5) is 30.8. The molecule has 0 unspecified atom stereocenters. The molecular weight excluding hydrogens is 340 g/mol. The molecule has 1 saturated heterocycles. The van der Waals surface area contributed by atoms with E-state index in [1.165, 1.54) is 16.2 Å². The largest absolute Gasteiger partial charge is 0.293 e. The molecule has 24 heavy (non-hydrogen) atoms. The molecule has 0 aliphatic carbocycles. The summed E-state index contributed by atoms with van der Waals surface area (Å²) in [6.45, 7) is 2.60. The van der Waals surface area contributed by atoms with Gasteiger partial charge in [0.15, 0.2) is 0 Å². The summed E-state index contributed by atoms with van der Waals surface area (Å²) in [5, 5.41) is 2.64. The van der Waals surface area contributed by atoms with E-state index in [1.807, 2.05) is 35.7 Å². The number of carbonyl (C=O) groups excluding carboxylic acids is 2. The number of carbonyl (C=O) groups is 2. The van der Waals surface area contributed by atoms with E-state index in [0.29, 0.717) is 11.4 Å². The molecule has 0 radical (unpaired) electrons. The Bertz CT molecular complexity index is 768. The Morgan fingerprint density at radius 1 is 1.17 bits per heavy atom. The highest BCUT2D eigenvalue weighted by Crippen LogP contribution is 2.33. The minimum absolute atomic E-state index is 0.180. The van der Waals surface area contributed by atoms with E-state index in [4.69, 9.17) is 0 Å². The summed E-state index contributed by atoms with van der Waals surface area (Å²) in [6, 6.07) is 9.91. The smallest absolute Gasteiger partial charge is 0.268 e. The van der Waals surface area contributed by atoms with Crippen molar-refractivity contribution in [3.63, 3.8) is 0 Å². The molecule has 0 saturated carbocycles. The van der Waals surface area contributed by atoms with Crippen LogP contribution in [0.3, 0.4) is 0 Å². The fourth-order valence-corrected chi connectivity index (χ4v) is 4.05. The van der Waals surface area contributed by atoms with Crippen molar-refractivity contribution in [1.82, 2.24) is 9.88 Å². The first-order valence-corrected chi connectivity index (χ1v) is 9.65. The second kappa shape index (κ2) is 7.77. The summed E-state index contributed by atoms with van der Waals surface area (Å²) >= 11 is 2.53. The zero-order valence-corrected chi connectivity index (χ0v) is 15.0. The van der Waals surface area contributed by atoms with Crippen LogP contribution in [0.2, 0.25) is 0 Å². The lowest BCUT2D eigenvalue weighted by Gasteiger charge is -2.11. The molecule has 3 rings (SSSR count). The van der Waals surface area contributed by atoms with Crippen molar-refractivity contribution in [2.75, 3.05) is 6.54 Å². The van der Waals surface area contributed by atoms with Crippen molar-refractivity contribution in [3.05, 3.63) is 46.3 Å². The third kappa shape index (κ3) is 3.76. The first-order valence-electron chi connectivity index (χ1n) is 7.95. The molecule has 1 aliphatic rings. The maximum atomic E-state index is 12.4. The van der Waals surface area contributed by atoms with Crippen LogP contribution in [-0.2, 0) is 4.79 Å². The molecule has 4 nitrogen and oxygen atoms in total.